The van der Waals surface area contributed by atoms with Crippen molar-refractivity contribution in [2.75, 3.05) is 0 Å². The lowest BCUT2D eigenvalue weighted by Gasteiger charge is -2.61. The van der Waals surface area contributed by atoms with Crippen LogP contribution in [0.1, 0.15) is 127 Å². The number of carbonyl (C=O) groups is 1. The van der Waals surface area contributed by atoms with Crippen LogP contribution < -0.4 is 5.32 Å². The number of rotatable bonds is 5. The lowest BCUT2D eigenvalue weighted by molar-refractivity contribution is -0.571. The van der Waals surface area contributed by atoms with Crippen LogP contribution in [0.15, 0.2) is 0 Å². The fourth-order valence-corrected chi connectivity index (χ4v) is 11.8. The highest BCUT2D eigenvalue weighted by atomic mass is 17.3. The Hall–Kier alpha value is -0.850. The molecule has 0 aromatic carbocycles. The molecule has 1 amide bonds. The minimum atomic E-state index is -0.830. The number of hydrogen-bond acceptors (Lipinski definition) is 9. The van der Waals surface area contributed by atoms with E-state index in [-0.39, 0.29) is 53.2 Å². The van der Waals surface area contributed by atoms with Crippen LogP contribution in [-0.4, -0.2) is 59.0 Å². The van der Waals surface area contributed by atoms with E-state index in [1.165, 1.54) is 0 Å². The quantitative estimate of drug-likeness (QED) is 0.315. The molecule has 10 nitrogen and oxygen atoms in total. The van der Waals surface area contributed by atoms with Crippen molar-refractivity contribution >= 4 is 5.91 Å². The van der Waals surface area contributed by atoms with E-state index in [0.29, 0.717) is 36.5 Å². The topological polar surface area (TPSA) is 103 Å². The van der Waals surface area contributed by atoms with Crippen LogP contribution >= 0.6 is 0 Å². The first-order valence-electron chi connectivity index (χ1n) is 19.3. The molecule has 4 bridgehead atoms. The molecular weight excluding hydrogens is 614 g/mol. The van der Waals surface area contributed by atoms with Crippen molar-refractivity contribution in [1.82, 2.24) is 5.32 Å². The molecule has 10 fully saturated rings. The predicted octanol–water partition coefficient (Wildman–Crippen LogP) is 6.80. The first-order valence-corrected chi connectivity index (χ1v) is 19.3. The van der Waals surface area contributed by atoms with Crippen molar-refractivity contribution in [3.8, 4) is 0 Å². The van der Waals surface area contributed by atoms with Crippen molar-refractivity contribution in [3.05, 3.63) is 0 Å². The van der Waals surface area contributed by atoms with Crippen LogP contribution in [-0.2, 0) is 43.3 Å². The average molecular weight is 676 g/mol. The number of amides is 1. The van der Waals surface area contributed by atoms with Crippen LogP contribution in [0.2, 0.25) is 0 Å². The van der Waals surface area contributed by atoms with Gasteiger partial charge in [-0.1, -0.05) is 27.7 Å². The summed E-state index contributed by atoms with van der Waals surface area (Å²) in [7, 11) is 0. The van der Waals surface area contributed by atoms with E-state index in [1.807, 2.05) is 34.6 Å². The number of nitrogens with one attached hydrogen (secondary N) is 1. The molecule has 8 heterocycles. The maximum absolute atomic E-state index is 14.3. The summed E-state index contributed by atoms with van der Waals surface area (Å²) in [6.45, 7) is 19.3. The van der Waals surface area contributed by atoms with Gasteiger partial charge in [0, 0.05) is 36.1 Å². The van der Waals surface area contributed by atoms with Gasteiger partial charge in [0.05, 0.1) is 12.2 Å². The van der Waals surface area contributed by atoms with Crippen LogP contribution in [0.4, 0.5) is 0 Å². The Morgan fingerprint density at radius 3 is 1.52 bits per heavy atom. The van der Waals surface area contributed by atoms with E-state index in [4.69, 9.17) is 38.5 Å². The molecule has 16 atom stereocenters. The van der Waals surface area contributed by atoms with Crippen LogP contribution in [0.25, 0.3) is 0 Å². The summed E-state index contributed by atoms with van der Waals surface area (Å²) in [4.78, 5) is 39.2. The van der Waals surface area contributed by atoms with E-state index in [1.54, 1.807) is 0 Å². The molecule has 1 N–H and O–H groups in total. The van der Waals surface area contributed by atoms with E-state index in [9.17, 15) is 4.79 Å². The highest BCUT2D eigenvalue weighted by Crippen LogP contribution is 2.63. The number of fused-ring (bicyclic) bond motifs is 4. The van der Waals surface area contributed by atoms with Gasteiger partial charge in [0.1, 0.15) is 0 Å². The van der Waals surface area contributed by atoms with Gasteiger partial charge in [-0.05, 0) is 121 Å². The fraction of sp³-hybridized carbons (Fsp3) is 0.974. The third-order valence-corrected chi connectivity index (χ3v) is 14.5. The van der Waals surface area contributed by atoms with E-state index < -0.39 is 35.4 Å². The van der Waals surface area contributed by atoms with Crippen LogP contribution in [0, 0.1) is 53.3 Å². The summed E-state index contributed by atoms with van der Waals surface area (Å²) in [6, 6.07) is 0. The summed E-state index contributed by atoms with van der Waals surface area (Å²) in [5.41, 5.74) is -1.61. The first-order chi connectivity index (χ1) is 22.6. The lowest BCUT2D eigenvalue weighted by Crippen LogP contribution is -2.71. The molecule has 0 aromatic heterocycles. The Bertz CT molecular complexity index is 1180. The molecule has 0 radical (unpaired) electrons. The normalized spacial score (nSPS) is 54.8. The first kappa shape index (κ1) is 34.2. The zero-order valence-electron chi connectivity index (χ0n) is 30.8. The SMILES string of the molecule is C[C@H]1[C@@H](CC(C[C@H]2O[C@@H]3O[C@@]4(C)CC[C@H]5[C@H](C)CC[C@@H]([C@H]2C)[C@@]35OO4)C(=O)NC(C)(C)C)O[C@@H]2O[C@@]3(C)CC[C@H]4[C@H](C)CC[C@@H]1[C@@]24OO3. The molecule has 0 unspecified atom stereocenters. The third-order valence-electron chi connectivity index (χ3n) is 14.5. The second kappa shape index (κ2) is 11.6. The lowest BCUT2D eigenvalue weighted by atomic mass is 9.56. The van der Waals surface area contributed by atoms with E-state index >= 15 is 0 Å². The monoisotopic (exact) mass is 675 g/mol. The van der Waals surface area contributed by atoms with Gasteiger partial charge in [-0.3, -0.25) is 4.79 Å². The maximum atomic E-state index is 14.3. The average Bonchev–Trinajstić information content (AvgIpc) is 3.38. The molecule has 2 spiro atoms. The van der Waals surface area contributed by atoms with Crippen molar-refractivity contribution in [2.24, 2.45) is 53.3 Å². The summed E-state index contributed by atoms with van der Waals surface area (Å²) in [6.07, 6.45) is 7.68. The summed E-state index contributed by atoms with van der Waals surface area (Å²) in [5, 5.41) is 3.32. The van der Waals surface area contributed by atoms with Crippen LogP contribution in [0.3, 0.4) is 0 Å². The second-order valence-electron chi connectivity index (χ2n) is 18.8. The van der Waals surface area contributed by atoms with Crippen molar-refractivity contribution < 1.29 is 43.3 Å². The van der Waals surface area contributed by atoms with E-state index in [0.717, 1.165) is 51.4 Å². The van der Waals surface area contributed by atoms with Gasteiger partial charge >= 0.3 is 0 Å². The van der Waals surface area contributed by atoms with E-state index in [2.05, 4.69) is 33.0 Å². The van der Waals surface area contributed by atoms with Gasteiger partial charge in [-0.2, -0.15) is 0 Å². The molecule has 2 saturated carbocycles. The number of carbonyl (C=O) groups excluding carboxylic acids is 1. The Balaban J connectivity index is 1.08. The van der Waals surface area contributed by atoms with Crippen LogP contribution in [0.5, 0.6) is 0 Å². The molecule has 48 heavy (non-hydrogen) atoms. The Morgan fingerprint density at radius 2 is 1.10 bits per heavy atom. The van der Waals surface area contributed by atoms with Gasteiger partial charge in [0.25, 0.3) is 0 Å². The van der Waals surface area contributed by atoms with Gasteiger partial charge in [0.2, 0.25) is 17.5 Å². The second-order valence-corrected chi connectivity index (χ2v) is 18.8. The smallest absolute Gasteiger partial charge is 0.223 e. The predicted molar refractivity (Wildman–Crippen MR) is 174 cm³/mol. The standard InChI is InChI=1S/C38H61NO9/c1-20-10-12-27-22(3)29(41-32-37(27)25(20)14-16-35(8,43-32)45-47-37)18-24(31(40)39-34(5,6)7)19-30-23(4)28-13-11-21(2)26-15-17-36(9)44-33(42-30)38(26,28)48-46-36/h20-30,32-33H,10-19H2,1-9H3,(H,39,40)/t20-,21-,22-,23-,25+,26+,27+,28+,29-,30-,32-,33-,35-,36-,37-,38-/m1/s1. The van der Waals surface area contributed by atoms with Gasteiger partial charge in [0.15, 0.2) is 23.8 Å². The van der Waals surface area contributed by atoms with Gasteiger partial charge < -0.3 is 24.3 Å². The maximum Gasteiger partial charge on any atom is 0.223 e. The summed E-state index contributed by atoms with van der Waals surface area (Å²) < 4.78 is 27.4. The van der Waals surface area contributed by atoms with Crippen molar-refractivity contribution in [3.63, 3.8) is 0 Å². The van der Waals surface area contributed by atoms with Crippen molar-refractivity contribution in [1.29, 1.82) is 0 Å². The Kier molecular flexibility index (Phi) is 8.26. The number of hydrogen-bond donors (Lipinski definition) is 1. The zero-order valence-corrected chi connectivity index (χ0v) is 30.8. The molecule has 2 aliphatic carbocycles. The zero-order chi connectivity index (χ0) is 34.0. The third kappa shape index (κ3) is 5.20. The highest BCUT2D eigenvalue weighted by Gasteiger charge is 2.71. The fourth-order valence-electron chi connectivity index (χ4n) is 11.8. The van der Waals surface area contributed by atoms with Gasteiger partial charge in [-0.25, -0.2) is 19.6 Å². The highest BCUT2D eigenvalue weighted by molar-refractivity contribution is 5.79. The largest absolute Gasteiger partial charge is 0.351 e. The van der Waals surface area contributed by atoms with Crippen molar-refractivity contribution in [2.45, 2.75) is 180 Å². The minimum Gasteiger partial charge on any atom is -0.351 e. The van der Waals surface area contributed by atoms with Gasteiger partial charge in [-0.15, -0.1) is 0 Å². The molecule has 8 saturated heterocycles. The molecular formula is C38H61NO9. The molecule has 10 rings (SSSR count). The minimum absolute atomic E-state index is 0.0460. The summed E-state index contributed by atoms with van der Waals surface area (Å²) >= 11 is 0. The molecule has 10 heteroatoms. The molecule has 0 aromatic rings. The molecule has 10 aliphatic rings. The number of ether oxygens (including phenoxy) is 4. The Labute approximate surface area is 287 Å². The molecule has 8 aliphatic heterocycles. The molecule has 272 valence electrons. The Morgan fingerprint density at radius 1 is 0.667 bits per heavy atom. The summed E-state index contributed by atoms with van der Waals surface area (Å²) in [5.74, 6) is 0.444.